The van der Waals surface area contributed by atoms with Crippen molar-refractivity contribution in [2.75, 3.05) is 45.9 Å². The Morgan fingerprint density at radius 1 is 0.920 bits per heavy atom. The van der Waals surface area contributed by atoms with E-state index in [9.17, 15) is 10.2 Å². The SMILES string of the molecule is Cc1ccc(CN2C[C@@H](CO)[C@@H](CN3CCC(CO)CC3)C2)cc1C. The van der Waals surface area contributed by atoms with E-state index in [2.05, 4.69) is 41.8 Å². The molecule has 25 heavy (non-hydrogen) atoms. The molecule has 1 aromatic rings. The van der Waals surface area contributed by atoms with Crippen molar-refractivity contribution < 1.29 is 10.2 Å². The van der Waals surface area contributed by atoms with Crippen LogP contribution in [0.5, 0.6) is 0 Å². The average molecular weight is 347 g/mol. The lowest BCUT2D eigenvalue weighted by molar-refractivity contribution is 0.106. The minimum Gasteiger partial charge on any atom is -0.396 e. The summed E-state index contributed by atoms with van der Waals surface area (Å²) in [5.74, 6) is 1.44. The number of likely N-dealkylation sites (tertiary alicyclic amines) is 2. The summed E-state index contributed by atoms with van der Waals surface area (Å²) in [6.07, 6.45) is 2.22. The van der Waals surface area contributed by atoms with Gasteiger partial charge < -0.3 is 15.1 Å². The number of nitrogens with zero attached hydrogens (tertiary/aromatic N) is 2. The Morgan fingerprint density at radius 2 is 1.64 bits per heavy atom. The molecule has 2 aliphatic rings. The highest BCUT2D eigenvalue weighted by Gasteiger charge is 2.34. The maximum absolute atomic E-state index is 9.83. The second-order valence-corrected chi connectivity index (χ2v) is 8.24. The summed E-state index contributed by atoms with van der Waals surface area (Å²) in [5.41, 5.74) is 4.09. The monoisotopic (exact) mass is 346 g/mol. The highest BCUT2D eigenvalue weighted by atomic mass is 16.3. The van der Waals surface area contributed by atoms with Crippen LogP contribution in [0.15, 0.2) is 18.2 Å². The summed E-state index contributed by atoms with van der Waals surface area (Å²) in [5, 5.41) is 19.1. The van der Waals surface area contributed by atoms with Crippen LogP contribution in [0.1, 0.15) is 29.5 Å². The largest absolute Gasteiger partial charge is 0.396 e. The zero-order valence-electron chi connectivity index (χ0n) is 15.8. The van der Waals surface area contributed by atoms with E-state index < -0.39 is 0 Å². The zero-order valence-corrected chi connectivity index (χ0v) is 15.8. The second kappa shape index (κ2) is 8.63. The number of aliphatic hydroxyl groups excluding tert-OH is 2. The van der Waals surface area contributed by atoms with Crippen molar-refractivity contribution in [2.45, 2.75) is 33.2 Å². The van der Waals surface area contributed by atoms with E-state index in [4.69, 9.17) is 0 Å². The van der Waals surface area contributed by atoms with Gasteiger partial charge in [-0.1, -0.05) is 18.2 Å². The number of hydrogen-bond donors (Lipinski definition) is 2. The van der Waals surface area contributed by atoms with Crippen LogP contribution in [0.25, 0.3) is 0 Å². The van der Waals surface area contributed by atoms with Crippen LogP contribution >= 0.6 is 0 Å². The van der Waals surface area contributed by atoms with Gasteiger partial charge in [0.25, 0.3) is 0 Å². The molecule has 0 bridgehead atoms. The quantitative estimate of drug-likeness (QED) is 0.828. The fourth-order valence-electron chi connectivity index (χ4n) is 4.42. The Morgan fingerprint density at radius 3 is 2.28 bits per heavy atom. The first-order valence-corrected chi connectivity index (χ1v) is 9.81. The van der Waals surface area contributed by atoms with E-state index >= 15 is 0 Å². The lowest BCUT2D eigenvalue weighted by atomic mass is 9.93. The van der Waals surface area contributed by atoms with E-state index in [1.165, 1.54) is 16.7 Å². The normalized spacial score (nSPS) is 26.4. The standard InChI is InChI=1S/C21H34N2O2/c1-16-3-4-19(9-17(16)2)10-23-12-20(21(13-23)15-25)11-22-7-5-18(14-24)6-8-22/h3-4,9,18,20-21,24-25H,5-8,10-15H2,1-2H3/t20-,21-/m0/s1. The number of aryl methyl sites for hydroxylation is 2. The molecule has 2 aliphatic heterocycles. The molecule has 140 valence electrons. The molecule has 0 amide bonds. The van der Waals surface area contributed by atoms with Crippen molar-refractivity contribution in [1.29, 1.82) is 0 Å². The van der Waals surface area contributed by atoms with Crippen molar-refractivity contribution in [3.63, 3.8) is 0 Å². The first kappa shape index (κ1) is 18.8. The molecule has 0 radical (unpaired) electrons. The fourth-order valence-corrected chi connectivity index (χ4v) is 4.42. The van der Waals surface area contributed by atoms with Gasteiger partial charge in [-0.15, -0.1) is 0 Å². The van der Waals surface area contributed by atoms with E-state index in [-0.39, 0.29) is 0 Å². The molecule has 2 heterocycles. The van der Waals surface area contributed by atoms with Crippen LogP contribution in [-0.2, 0) is 6.54 Å². The molecule has 2 saturated heterocycles. The van der Waals surface area contributed by atoms with Gasteiger partial charge in [0.1, 0.15) is 0 Å². The van der Waals surface area contributed by atoms with Gasteiger partial charge in [0.05, 0.1) is 0 Å². The Kier molecular flexibility index (Phi) is 6.50. The number of piperidine rings is 1. The number of benzene rings is 1. The minimum absolute atomic E-state index is 0.293. The predicted molar refractivity (Wildman–Crippen MR) is 102 cm³/mol. The summed E-state index contributed by atoms with van der Waals surface area (Å²) in [6.45, 7) is 11.3. The summed E-state index contributed by atoms with van der Waals surface area (Å²) in [7, 11) is 0. The Labute approximate surface area is 152 Å². The van der Waals surface area contributed by atoms with Crippen molar-refractivity contribution in [3.8, 4) is 0 Å². The lowest BCUT2D eigenvalue weighted by Crippen LogP contribution is -2.40. The molecule has 3 rings (SSSR count). The van der Waals surface area contributed by atoms with Crippen molar-refractivity contribution in [3.05, 3.63) is 34.9 Å². The molecule has 0 aromatic heterocycles. The van der Waals surface area contributed by atoms with Gasteiger partial charge in [0.15, 0.2) is 0 Å². The molecule has 2 fully saturated rings. The fraction of sp³-hybridized carbons (Fsp3) is 0.714. The number of aliphatic hydroxyl groups is 2. The Balaban J connectivity index is 1.54. The van der Waals surface area contributed by atoms with Crippen molar-refractivity contribution in [2.24, 2.45) is 17.8 Å². The third-order valence-electron chi connectivity index (χ3n) is 6.32. The van der Waals surface area contributed by atoms with Crippen molar-refractivity contribution >= 4 is 0 Å². The van der Waals surface area contributed by atoms with Gasteiger partial charge in [-0.2, -0.15) is 0 Å². The van der Waals surface area contributed by atoms with E-state index in [0.717, 1.165) is 52.1 Å². The molecule has 2 atom stereocenters. The highest BCUT2D eigenvalue weighted by Crippen LogP contribution is 2.27. The highest BCUT2D eigenvalue weighted by molar-refractivity contribution is 5.29. The Bertz CT molecular complexity index is 555. The first-order chi connectivity index (χ1) is 12.1. The van der Waals surface area contributed by atoms with Gasteiger partial charge in [-0.25, -0.2) is 0 Å². The topological polar surface area (TPSA) is 46.9 Å². The van der Waals surface area contributed by atoms with E-state index in [1.54, 1.807) is 0 Å². The lowest BCUT2D eigenvalue weighted by Gasteiger charge is -2.33. The molecule has 0 unspecified atom stereocenters. The molecular weight excluding hydrogens is 312 g/mol. The van der Waals surface area contributed by atoms with Crippen LogP contribution in [0.2, 0.25) is 0 Å². The van der Waals surface area contributed by atoms with E-state index in [0.29, 0.717) is 31.0 Å². The predicted octanol–water partition coefficient (Wildman–Crippen LogP) is 2.05. The molecule has 4 nitrogen and oxygen atoms in total. The minimum atomic E-state index is 0.293. The van der Waals surface area contributed by atoms with Crippen LogP contribution in [-0.4, -0.2) is 66.0 Å². The maximum atomic E-state index is 9.83. The third kappa shape index (κ3) is 4.82. The third-order valence-corrected chi connectivity index (χ3v) is 6.32. The molecule has 4 heteroatoms. The summed E-state index contributed by atoms with van der Waals surface area (Å²) in [6, 6.07) is 6.76. The van der Waals surface area contributed by atoms with Gasteiger partial charge in [0, 0.05) is 39.4 Å². The molecule has 0 aliphatic carbocycles. The molecular formula is C21H34N2O2. The van der Waals surface area contributed by atoms with Crippen LogP contribution in [0.3, 0.4) is 0 Å². The smallest absolute Gasteiger partial charge is 0.0475 e. The van der Waals surface area contributed by atoms with Gasteiger partial charge >= 0.3 is 0 Å². The van der Waals surface area contributed by atoms with Crippen LogP contribution in [0.4, 0.5) is 0 Å². The maximum Gasteiger partial charge on any atom is 0.0475 e. The number of hydrogen-bond acceptors (Lipinski definition) is 4. The van der Waals surface area contributed by atoms with E-state index in [1.807, 2.05) is 0 Å². The van der Waals surface area contributed by atoms with Crippen LogP contribution in [0, 0.1) is 31.6 Å². The van der Waals surface area contributed by atoms with Gasteiger partial charge in [0.2, 0.25) is 0 Å². The summed E-state index contributed by atoms with van der Waals surface area (Å²) in [4.78, 5) is 5.05. The second-order valence-electron chi connectivity index (χ2n) is 8.24. The number of rotatable bonds is 6. The Hall–Kier alpha value is -0.940. The molecule has 0 spiro atoms. The average Bonchev–Trinajstić information content (AvgIpc) is 3.00. The molecule has 1 aromatic carbocycles. The van der Waals surface area contributed by atoms with Gasteiger partial charge in [-0.3, -0.25) is 4.90 Å². The zero-order chi connectivity index (χ0) is 17.8. The molecule has 2 N–H and O–H groups in total. The van der Waals surface area contributed by atoms with Gasteiger partial charge in [-0.05, 0) is 74.2 Å². The summed E-state index contributed by atoms with van der Waals surface area (Å²) >= 11 is 0. The van der Waals surface area contributed by atoms with Crippen molar-refractivity contribution in [1.82, 2.24) is 9.80 Å². The first-order valence-electron chi connectivity index (χ1n) is 9.81. The van der Waals surface area contributed by atoms with Crippen LogP contribution < -0.4 is 0 Å². The summed E-state index contributed by atoms with van der Waals surface area (Å²) < 4.78 is 0. The molecule has 0 saturated carbocycles.